The molecule has 3 heteroatoms. The summed E-state index contributed by atoms with van der Waals surface area (Å²) >= 11 is 10.7. The molecule has 0 saturated carbocycles. The Kier molecular flexibility index (Phi) is 8.62. The molecule has 1 rings (SSSR count). The van der Waals surface area contributed by atoms with Crippen LogP contribution in [-0.4, -0.2) is 7.42 Å². The minimum absolute atomic E-state index is 0.975. The van der Waals surface area contributed by atoms with Gasteiger partial charge in [0.1, 0.15) is 0 Å². The van der Waals surface area contributed by atoms with E-state index in [0.29, 0.717) is 0 Å². The summed E-state index contributed by atoms with van der Waals surface area (Å²) in [6.07, 6.45) is 1.14. The first kappa shape index (κ1) is 13.0. The molecule has 0 amide bonds. The molecular formula is C10H16Cl2Si. The van der Waals surface area contributed by atoms with Crippen LogP contribution in [0.1, 0.15) is 19.4 Å². The molecule has 0 saturated heterocycles. The Labute approximate surface area is 91.9 Å². The Morgan fingerprint density at radius 2 is 1.54 bits per heavy atom. The van der Waals surface area contributed by atoms with Gasteiger partial charge in [-0.15, -0.1) is 0 Å². The van der Waals surface area contributed by atoms with Gasteiger partial charge in [-0.1, -0.05) is 44.2 Å². The standard InChI is InChI=1S/C8H10.C2H6Cl2Si/c1-2-8-6-4-3-5-7-8;1-2-5(3)4/h3-7H,2H2,1H3;5H,2H2,1H3. The second-order valence-corrected chi connectivity index (χ2v) is 8.07. The minimum Gasteiger partial charge on any atom is -0.150 e. The Balaban J connectivity index is 0.000000252. The lowest BCUT2D eigenvalue weighted by atomic mass is 10.2. The molecule has 74 valence electrons. The van der Waals surface area contributed by atoms with Crippen LogP contribution in [-0.2, 0) is 6.42 Å². The molecule has 1 aromatic rings. The molecular weight excluding hydrogens is 219 g/mol. The summed E-state index contributed by atoms with van der Waals surface area (Å²) < 4.78 is 0. The van der Waals surface area contributed by atoms with Gasteiger partial charge >= 0.3 is 0 Å². The van der Waals surface area contributed by atoms with Gasteiger partial charge < -0.3 is 0 Å². The molecule has 0 bridgehead atoms. The van der Waals surface area contributed by atoms with E-state index in [1.54, 1.807) is 0 Å². The average Bonchev–Trinajstić information content (AvgIpc) is 2.20. The highest BCUT2D eigenvalue weighted by Gasteiger charge is 1.91. The summed E-state index contributed by atoms with van der Waals surface area (Å²) in [5, 5.41) is 0. The predicted molar refractivity (Wildman–Crippen MR) is 65.2 cm³/mol. The second kappa shape index (κ2) is 8.61. The highest BCUT2D eigenvalue weighted by atomic mass is 35.7. The predicted octanol–water partition coefficient (Wildman–Crippen LogP) is 3.95. The Morgan fingerprint density at radius 1 is 1.08 bits per heavy atom. The molecule has 0 fully saturated rings. The van der Waals surface area contributed by atoms with Gasteiger partial charge in [0.2, 0.25) is 7.42 Å². The van der Waals surface area contributed by atoms with Crippen molar-refractivity contribution in [3.63, 3.8) is 0 Å². The maximum atomic E-state index is 5.37. The van der Waals surface area contributed by atoms with E-state index in [1.807, 2.05) is 13.0 Å². The van der Waals surface area contributed by atoms with Crippen molar-refractivity contribution in [1.29, 1.82) is 0 Å². The number of rotatable bonds is 2. The van der Waals surface area contributed by atoms with Crippen molar-refractivity contribution in [2.45, 2.75) is 26.3 Å². The third-order valence-electron chi connectivity index (χ3n) is 1.56. The highest BCUT2D eigenvalue weighted by Crippen LogP contribution is 1.99. The maximum absolute atomic E-state index is 5.37. The highest BCUT2D eigenvalue weighted by molar-refractivity contribution is 7.33. The van der Waals surface area contributed by atoms with Crippen molar-refractivity contribution >= 4 is 29.6 Å². The van der Waals surface area contributed by atoms with E-state index >= 15 is 0 Å². The summed E-state index contributed by atoms with van der Waals surface area (Å²) in [5.41, 5.74) is 1.41. The quantitative estimate of drug-likeness (QED) is 0.537. The van der Waals surface area contributed by atoms with Gasteiger partial charge in [-0.2, -0.15) is 22.2 Å². The first-order valence-electron chi connectivity index (χ1n) is 4.52. The number of benzene rings is 1. The van der Waals surface area contributed by atoms with Crippen LogP contribution in [0.3, 0.4) is 0 Å². The lowest BCUT2D eigenvalue weighted by Crippen LogP contribution is -1.83. The van der Waals surface area contributed by atoms with E-state index < -0.39 is 7.42 Å². The van der Waals surface area contributed by atoms with Crippen LogP contribution in [0.5, 0.6) is 0 Å². The molecule has 0 heterocycles. The monoisotopic (exact) mass is 234 g/mol. The minimum atomic E-state index is -1.21. The van der Waals surface area contributed by atoms with E-state index in [2.05, 4.69) is 31.2 Å². The van der Waals surface area contributed by atoms with Crippen molar-refractivity contribution in [1.82, 2.24) is 0 Å². The molecule has 0 aliphatic heterocycles. The molecule has 13 heavy (non-hydrogen) atoms. The molecule has 0 aromatic heterocycles. The normalized spacial score (nSPS) is 9.31. The summed E-state index contributed by atoms with van der Waals surface area (Å²) in [6.45, 7) is 4.16. The number of hydrogen-bond donors (Lipinski definition) is 0. The maximum Gasteiger partial charge on any atom is 0.236 e. The Hall–Kier alpha value is 0.0169. The Bertz CT molecular complexity index is 199. The second-order valence-electron chi connectivity index (χ2n) is 2.64. The van der Waals surface area contributed by atoms with Gasteiger partial charge in [0, 0.05) is 0 Å². The molecule has 1 aromatic carbocycles. The topological polar surface area (TPSA) is 0 Å². The summed E-state index contributed by atoms with van der Waals surface area (Å²) in [4.78, 5) is 0. The van der Waals surface area contributed by atoms with Crippen molar-refractivity contribution in [3.8, 4) is 0 Å². The van der Waals surface area contributed by atoms with E-state index in [1.165, 1.54) is 5.56 Å². The lowest BCUT2D eigenvalue weighted by molar-refractivity contribution is 1.14. The molecule has 0 spiro atoms. The van der Waals surface area contributed by atoms with Gasteiger partial charge in [0.15, 0.2) is 0 Å². The molecule has 0 atom stereocenters. The van der Waals surface area contributed by atoms with Gasteiger partial charge in [-0.05, 0) is 18.0 Å². The van der Waals surface area contributed by atoms with Gasteiger partial charge in [-0.25, -0.2) is 0 Å². The fraction of sp³-hybridized carbons (Fsp3) is 0.400. The first-order valence-corrected chi connectivity index (χ1v) is 8.83. The fourth-order valence-electron chi connectivity index (χ4n) is 0.714. The van der Waals surface area contributed by atoms with Crippen LogP contribution in [0.4, 0.5) is 0 Å². The van der Waals surface area contributed by atoms with E-state index in [4.69, 9.17) is 22.2 Å². The Morgan fingerprint density at radius 3 is 1.77 bits per heavy atom. The zero-order chi connectivity index (χ0) is 10.1. The van der Waals surface area contributed by atoms with Crippen molar-refractivity contribution in [2.24, 2.45) is 0 Å². The fourth-order valence-corrected chi connectivity index (χ4v) is 0.714. The molecule has 0 radical (unpaired) electrons. The van der Waals surface area contributed by atoms with Gasteiger partial charge in [0.25, 0.3) is 0 Å². The van der Waals surface area contributed by atoms with Crippen molar-refractivity contribution in [3.05, 3.63) is 35.9 Å². The third-order valence-corrected chi connectivity index (χ3v) is 4.03. The number of halogens is 2. The van der Waals surface area contributed by atoms with Crippen LogP contribution in [0.2, 0.25) is 6.04 Å². The number of aryl methyl sites for hydroxylation is 1. The number of hydrogen-bond acceptors (Lipinski definition) is 0. The smallest absolute Gasteiger partial charge is 0.150 e. The molecule has 0 aliphatic rings. The summed E-state index contributed by atoms with van der Waals surface area (Å²) in [6, 6.07) is 11.4. The zero-order valence-corrected chi connectivity index (χ0v) is 10.8. The van der Waals surface area contributed by atoms with Crippen LogP contribution in [0.15, 0.2) is 30.3 Å². The third kappa shape index (κ3) is 8.35. The largest absolute Gasteiger partial charge is 0.236 e. The van der Waals surface area contributed by atoms with Crippen LogP contribution >= 0.6 is 22.2 Å². The molecule has 0 aliphatic carbocycles. The van der Waals surface area contributed by atoms with Crippen molar-refractivity contribution in [2.75, 3.05) is 0 Å². The van der Waals surface area contributed by atoms with Gasteiger partial charge in [-0.3, -0.25) is 0 Å². The van der Waals surface area contributed by atoms with E-state index in [-0.39, 0.29) is 0 Å². The lowest BCUT2D eigenvalue weighted by Gasteiger charge is -1.89. The van der Waals surface area contributed by atoms with Crippen molar-refractivity contribution < 1.29 is 0 Å². The summed E-state index contributed by atoms with van der Waals surface area (Å²) in [5.74, 6) is 0. The van der Waals surface area contributed by atoms with E-state index in [0.717, 1.165) is 12.5 Å². The van der Waals surface area contributed by atoms with Gasteiger partial charge in [0.05, 0.1) is 0 Å². The SMILES string of the molecule is CC[SiH](Cl)Cl.CCc1ccccc1. The molecule has 0 N–H and O–H groups in total. The molecule has 0 unspecified atom stereocenters. The van der Waals surface area contributed by atoms with Crippen LogP contribution in [0.25, 0.3) is 0 Å². The zero-order valence-electron chi connectivity index (χ0n) is 8.13. The first-order chi connectivity index (χ1) is 6.20. The van der Waals surface area contributed by atoms with Crippen LogP contribution in [0, 0.1) is 0 Å². The summed E-state index contributed by atoms with van der Waals surface area (Å²) in [7, 11) is -1.21. The van der Waals surface area contributed by atoms with E-state index in [9.17, 15) is 0 Å². The molecule has 0 nitrogen and oxygen atoms in total. The average molecular weight is 235 g/mol. The van der Waals surface area contributed by atoms with Crippen LogP contribution < -0.4 is 0 Å².